The van der Waals surface area contributed by atoms with Crippen LogP contribution in [0, 0.1) is 11.2 Å². The summed E-state index contributed by atoms with van der Waals surface area (Å²) in [5.74, 6) is -0.190. The molecule has 2 fully saturated rings. The highest BCUT2D eigenvalue weighted by molar-refractivity contribution is 6.74. The predicted octanol–water partition coefficient (Wildman–Crippen LogP) is 6.57. The minimum atomic E-state index is -1.99. The fraction of sp³-hybridized carbons (Fsp3) is 0.633. The van der Waals surface area contributed by atoms with Crippen molar-refractivity contribution in [2.45, 2.75) is 84.9 Å². The summed E-state index contributed by atoms with van der Waals surface area (Å²) in [5, 5.41) is 4.45. The minimum absolute atomic E-state index is 0.0641. The lowest BCUT2D eigenvalue weighted by Crippen LogP contribution is -2.47. The van der Waals surface area contributed by atoms with Gasteiger partial charge in [-0.05, 0) is 32.0 Å². The average Bonchev–Trinajstić information content (AvgIpc) is 2.90. The van der Waals surface area contributed by atoms with E-state index in [0.717, 1.165) is 31.6 Å². The van der Waals surface area contributed by atoms with Crippen LogP contribution >= 0.6 is 0 Å². The Morgan fingerprint density at radius 2 is 1.68 bits per heavy atom. The van der Waals surface area contributed by atoms with Crippen molar-refractivity contribution in [1.29, 1.82) is 0 Å². The molecule has 0 aliphatic carbocycles. The molecule has 8 nitrogen and oxygen atoms in total. The molecule has 220 valence electrons. The monoisotopic (exact) mass is 572 g/mol. The summed E-state index contributed by atoms with van der Waals surface area (Å²) >= 11 is 0. The highest BCUT2D eigenvalue weighted by atomic mass is 28.4. The molecule has 0 amide bonds. The second-order valence-corrected chi connectivity index (χ2v) is 18.1. The van der Waals surface area contributed by atoms with Crippen molar-refractivity contribution in [1.82, 2.24) is 9.97 Å². The molecule has 2 saturated heterocycles. The zero-order chi connectivity index (χ0) is 29.2. The molecule has 2 aromatic rings. The Labute approximate surface area is 239 Å². The maximum atomic E-state index is 15.4. The van der Waals surface area contributed by atoms with Crippen molar-refractivity contribution in [3.05, 3.63) is 42.0 Å². The molecule has 1 aromatic carbocycles. The topological polar surface area (TPSA) is 78.3 Å². The second-order valence-electron chi connectivity index (χ2n) is 13.3. The van der Waals surface area contributed by atoms with E-state index >= 15 is 4.39 Å². The third-order valence-corrected chi connectivity index (χ3v) is 12.7. The molecule has 0 spiro atoms. The lowest BCUT2D eigenvalue weighted by atomic mass is 9.93. The van der Waals surface area contributed by atoms with Gasteiger partial charge in [-0.15, -0.1) is 0 Å². The van der Waals surface area contributed by atoms with Gasteiger partial charge in [0, 0.05) is 55.0 Å². The van der Waals surface area contributed by atoms with Crippen LogP contribution in [-0.2, 0) is 25.3 Å². The van der Waals surface area contributed by atoms with Gasteiger partial charge in [0.25, 0.3) is 0 Å². The summed E-state index contributed by atoms with van der Waals surface area (Å²) in [6.07, 6.45) is 4.93. The lowest BCUT2D eigenvalue weighted by Gasteiger charge is -2.40. The number of halogens is 1. The van der Waals surface area contributed by atoms with Crippen LogP contribution < -0.4 is 4.90 Å². The fourth-order valence-corrected chi connectivity index (χ4v) is 5.16. The first-order valence-electron chi connectivity index (χ1n) is 14.1. The maximum absolute atomic E-state index is 15.4. The Kier molecular flexibility index (Phi) is 9.04. The fourth-order valence-electron chi connectivity index (χ4n) is 4.21. The standard InChI is InChI=1S/C30H45FN4O4Si/c1-28(2,3)40(7,8)39-18-22-10-9-11-25(26(22)31)23-16-32-27(33-17-23)35-14-12-24(13-15-35)34-38-21-30(6)19-36-29(4,5)37-20-30/h9-11,16-17H,12-15,18-21H2,1-8H3. The van der Waals surface area contributed by atoms with Crippen LogP contribution in [0.25, 0.3) is 11.1 Å². The van der Waals surface area contributed by atoms with E-state index in [1.807, 2.05) is 19.9 Å². The molecule has 0 N–H and O–H groups in total. The van der Waals surface area contributed by atoms with Gasteiger partial charge in [-0.1, -0.05) is 51.0 Å². The molecule has 4 rings (SSSR count). The highest BCUT2D eigenvalue weighted by Crippen LogP contribution is 2.37. The number of benzene rings is 1. The van der Waals surface area contributed by atoms with Gasteiger partial charge in [0.1, 0.15) is 12.4 Å². The Morgan fingerprint density at radius 1 is 1.05 bits per heavy atom. The summed E-state index contributed by atoms with van der Waals surface area (Å²) in [6, 6.07) is 5.41. The molecule has 0 atom stereocenters. The first kappa shape index (κ1) is 30.6. The first-order chi connectivity index (χ1) is 18.7. The largest absolute Gasteiger partial charge is 0.412 e. The molecular weight excluding hydrogens is 527 g/mol. The molecule has 2 aliphatic rings. The number of ether oxygens (including phenoxy) is 2. The van der Waals surface area contributed by atoms with E-state index in [1.165, 1.54) is 0 Å². The van der Waals surface area contributed by atoms with Crippen molar-refractivity contribution in [3.63, 3.8) is 0 Å². The van der Waals surface area contributed by atoms with E-state index in [4.69, 9.17) is 18.7 Å². The highest BCUT2D eigenvalue weighted by Gasteiger charge is 2.38. The summed E-state index contributed by atoms with van der Waals surface area (Å²) in [7, 11) is -1.99. The normalized spacial score (nSPS) is 19.4. The smallest absolute Gasteiger partial charge is 0.225 e. The molecule has 0 bridgehead atoms. The van der Waals surface area contributed by atoms with Crippen molar-refractivity contribution in [2.75, 3.05) is 37.8 Å². The maximum Gasteiger partial charge on any atom is 0.225 e. The quantitative estimate of drug-likeness (QED) is 0.262. The summed E-state index contributed by atoms with van der Waals surface area (Å²) in [6.45, 7) is 20.1. The number of oxime groups is 1. The zero-order valence-electron chi connectivity index (χ0n) is 25.3. The predicted molar refractivity (Wildman–Crippen MR) is 158 cm³/mol. The zero-order valence-corrected chi connectivity index (χ0v) is 26.3. The Hall–Kier alpha value is -2.40. The molecule has 0 saturated carbocycles. The molecule has 0 radical (unpaired) electrons. The van der Waals surface area contributed by atoms with Crippen LogP contribution in [0.3, 0.4) is 0 Å². The van der Waals surface area contributed by atoms with Gasteiger partial charge in [-0.25, -0.2) is 14.4 Å². The number of aromatic nitrogens is 2. The molecule has 40 heavy (non-hydrogen) atoms. The van der Waals surface area contributed by atoms with Gasteiger partial charge in [0.2, 0.25) is 5.95 Å². The van der Waals surface area contributed by atoms with Gasteiger partial charge >= 0.3 is 0 Å². The van der Waals surface area contributed by atoms with E-state index < -0.39 is 14.1 Å². The summed E-state index contributed by atoms with van der Waals surface area (Å²) in [4.78, 5) is 16.9. The average molecular weight is 573 g/mol. The van der Waals surface area contributed by atoms with Crippen LogP contribution in [0.1, 0.15) is 59.9 Å². The number of rotatable bonds is 8. The Balaban J connectivity index is 1.31. The van der Waals surface area contributed by atoms with E-state index in [-0.39, 0.29) is 22.9 Å². The van der Waals surface area contributed by atoms with Crippen molar-refractivity contribution in [2.24, 2.45) is 10.6 Å². The Bertz CT molecular complexity index is 1180. The van der Waals surface area contributed by atoms with Crippen LogP contribution in [0.2, 0.25) is 18.1 Å². The van der Waals surface area contributed by atoms with E-state index in [9.17, 15) is 0 Å². The van der Waals surface area contributed by atoms with E-state index in [2.05, 4.69) is 60.8 Å². The number of piperidine rings is 1. The van der Waals surface area contributed by atoms with Crippen LogP contribution in [0.4, 0.5) is 10.3 Å². The number of anilines is 1. The second kappa shape index (κ2) is 11.8. The van der Waals surface area contributed by atoms with Gasteiger partial charge in [0.15, 0.2) is 14.1 Å². The molecule has 3 heterocycles. The number of nitrogens with zero attached hydrogens (tertiary/aromatic N) is 4. The van der Waals surface area contributed by atoms with Gasteiger partial charge < -0.3 is 23.6 Å². The third-order valence-electron chi connectivity index (χ3n) is 8.19. The van der Waals surface area contributed by atoms with E-state index in [0.29, 0.717) is 42.5 Å². The summed E-state index contributed by atoms with van der Waals surface area (Å²) in [5.41, 5.74) is 2.49. The third kappa shape index (κ3) is 7.46. The first-order valence-corrected chi connectivity index (χ1v) is 17.0. The SMILES string of the molecule is CC1(CON=C2CCN(c3ncc(-c4cccc(CO[Si](C)(C)C(C)(C)C)c4F)cn3)CC2)COC(C)(C)OC1. The molecule has 0 unspecified atom stereocenters. The van der Waals surface area contributed by atoms with E-state index in [1.54, 1.807) is 24.5 Å². The van der Waals surface area contributed by atoms with Crippen molar-refractivity contribution >= 4 is 20.0 Å². The van der Waals surface area contributed by atoms with Crippen LogP contribution in [-0.4, -0.2) is 62.7 Å². The van der Waals surface area contributed by atoms with Gasteiger partial charge in [-0.2, -0.15) is 0 Å². The van der Waals surface area contributed by atoms with Gasteiger partial charge in [-0.3, -0.25) is 0 Å². The molecule has 2 aliphatic heterocycles. The lowest BCUT2D eigenvalue weighted by molar-refractivity contribution is -0.288. The summed E-state index contributed by atoms with van der Waals surface area (Å²) < 4.78 is 33.2. The molecule has 1 aromatic heterocycles. The number of hydrogen-bond donors (Lipinski definition) is 0. The molecule has 10 heteroatoms. The van der Waals surface area contributed by atoms with Crippen molar-refractivity contribution < 1.29 is 23.1 Å². The van der Waals surface area contributed by atoms with Crippen molar-refractivity contribution in [3.8, 4) is 11.1 Å². The van der Waals surface area contributed by atoms with Gasteiger partial charge in [0.05, 0.1) is 30.9 Å². The Morgan fingerprint density at radius 3 is 2.27 bits per heavy atom. The molecular formula is C30H45FN4O4Si. The van der Waals surface area contributed by atoms with Crippen LogP contribution in [0.5, 0.6) is 0 Å². The van der Waals surface area contributed by atoms with Crippen LogP contribution in [0.15, 0.2) is 35.7 Å². The number of hydrogen-bond acceptors (Lipinski definition) is 8. The minimum Gasteiger partial charge on any atom is -0.412 e.